The van der Waals surface area contributed by atoms with Gasteiger partial charge in [-0.25, -0.2) is 4.79 Å². The van der Waals surface area contributed by atoms with Gasteiger partial charge in [0.25, 0.3) is 11.8 Å². The number of hydrogen-bond donors (Lipinski definition) is 1. The largest absolute Gasteiger partial charge is 0.338 e. The molecule has 5 amide bonds. The summed E-state index contributed by atoms with van der Waals surface area (Å²) in [7, 11) is 0. The van der Waals surface area contributed by atoms with Gasteiger partial charge in [0.05, 0.1) is 4.88 Å². The van der Waals surface area contributed by atoms with Crippen molar-refractivity contribution in [2.45, 2.75) is 18.4 Å². The molecule has 9 heteroatoms. The van der Waals surface area contributed by atoms with E-state index >= 15 is 0 Å². The molecule has 3 heterocycles. The van der Waals surface area contributed by atoms with Crippen molar-refractivity contribution in [3.8, 4) is 0 Å². The van der Waals surface area contributed by atoms with Gasteiger partial charge in [-0.1, -0.05) is 30.3 Å². The van der Waals surface area contributed by atoms with Crippen molar-refractivity contribution < 1.29 is 19.2 Å². The third-order valence-corrected chi connectivity index (χ3v) is 7.22. The zero-order valence-electron chi connectivity index (χ0n) is 16.9. The van der Waals surface area contributed by atoms with Gasteiger partial charge in [0.2, 0.25) is 5.91 Å². The van der Waals surface area contributed by atoms with E-state index in [1.54, 1.807) is 15.9 Å². The summed E-state index contributed by atoms with van der Waals surface area (Å²) < 4.78 is 0. The second-order valence-corrected chi connectivity index (χ2v) is 8.98. The van der Waals surface area contributed by atoms with Crippen LogP contribution in [0.15, 0.2) is 41.8 Å². The standard InChI is InChI=1S/C22H22N4O4S/c27-18(24-9-11-25(12-10-24)19(28)17-6-3-13-31-17)14-26-20(29)22(23-21(26)30)8-7-15-4-1-2-5-16(15)22/h1-6,13H,7-12,14H2,(H,23,30)/t22-/m0/s1. The number of benzene rings is 1. The smallest absolute Gasteiger partial charge is 0.325 e. The van der Waals surface area contributed by atoms with Crippen LogP contribution in [0.25, 0.3) is 0 Å². The van der Waals surface area contributed by atoms with Gasteiger partial charge in [0, 0.05) is 26.2 Å². The summed E-state index contributed by atoms with van der Waals surface area (Å²) in [5.41, 5.74) is 0.819. The average molecular weight is 439 g/mol. The molecule has 1 N–H and O–H groups in total. The number of carbonyl (C=O) groups excluding carboxylic acids is 4. The zero-order valence-corrected chi connectivity index (χ0v) is 17.7. The Morgan fingerprint density at radius 1 is 1.00 bits per heavy atom. The highest BCUT2D eigenvalue weighted by Gasteiger charge is 2.55. The summed E-state index contributed by atoms with van der Waals surface area (Å²) >= 11 is 1.40. The van der Waals surface area contributed by atoms with Crippen LogP contribution >= 0.6 is 11.3 Å². The molecule has 2 aliphatic heterocycles. The number of urea groups is 1. The third-order valence-electron chi connectivity index (χ3n) is 6.37. The van der Waals surface area contributed by atoms with Crippen LogP contribution in [0.2, 0.25) is 0 Å². The molecule has 2 saturated heterocycles. The van der Waals surface area contributed by atoms with Crippen LogP contribution in [0, 0.1) is 0 Å². The number of imide groups is 1. The minimum absolute atomic E-state index is 0.0296. The van der Waals surface area contributed by atoms with Gasteiger partial charge in [0.1, 0.15) is 12.1 Å². The van der Waals surface area contributed by atoms with E-state index < -0.39 is 11.6 Å². The fraction of sp³-hybridized carbons (Fsp3) is 0.364. The summed E-state index contributed by atoms with van der Waals surface area (Å²) in [6, 6.07) is 10.7. The number of aryl methyl sites for hydroxylation is 1. The lowest BCUT2D eigenvalue weighted by Crippen LogP contribution is -2.53. The Morgan fingerprint density at radius 2 is 1.74 bits per heavy atom. The molecule has 1 aromatic heterocycles. The second-order valence-electron chi connectivity index (χ2n) is 8.03. The van der Waals surface area contributed by atoms with E-state index in [2.05, 4.69) is 5.32 Å². The summed E-state index contributed by atoms with van der Waals surface area (Å²) in [5, 5.41) is 4.71. The zero-order chi connectivity index (χ0) is 21.6. The van der Waals surface area contributed by atoms with E-state index in [0.29, 0.717) is 43.9 Å². The Bertz CT molecular complexity index is 1060. The molecule has 3 aliphatic rings. The predicted molar refractivity (Wildman–Crippen MR) is 113 cm³/mol. The number of fused-ring (bicyclic) bond motifs is 2. The monoisotopic (exact) mass is 438 g/mol. The van der Waals surface area contributed by atoms with Crippen molar-refractivity contribution in [3.05, 3.63) is 57.8 Å². The second kappa shape index (κ2) is 7.49. The van der Waals surface area contributed by atoms with Crippen LogP contribution in [0.1, 0.15) is 27.2 Å². The number of carbonyl (C=O) groups is 4. The van der Waals surface area contributed by atoms with Crippen molar-refractivity contribution in [2.75, 3.05) is 32.7 Å². The number of hydrogen-bond acceptors (Lipinski definition) is 5. The molecule has 0 unspecified atom stereocenters. The summed E-state index contributed by atoms with van der Waals surface area (Å²) in [6.07, 6.45) is 1.22. The lowest BCUT2D eigenvalue weighted by atomic mass is 9.92. The molecule has 0 bridgehead atoms. The Hall–Kier alpha value is -3.20. The maximum atomic E-state index is 13.2. The third kappa shape index (κ3) is 3.20. The minimum atomic E-state index is -1.06. The number of rotatable bonds is 3. The lowest BCUT2D eigenvalue weighted by molar-refractivity contribution is -0.140. The fourth-order valence-corrected chi connectivity index (χ4v) is 5.37. The Kier molecular flexibility index (Phi) is 4.77. The molecule has 8 nitrogen and oxygen atoms in total. The van der Waals surface area contributed by atoms with E-state index in [-0.39, 0.29) is 24.3 Å². The highest BCUT2D eigenvalue weighted by molar-refractivity contribution is 7.12. The van der Waals surface area contributed by atoms with Gasteiger partial charge < -0.3 is 15.1 Å². The summed E-state index contributed by atoms with van der Waals surface area (Å²) in [4.78, 5) is 56.2. The Labute approximate surface area is 183 Å². The molecule has 1 spiro atoms. The number of thiophene rings is 1. The van der Waals surface area contributed by atoms with E-state index in [1.807, 2.05) is 35.7 Å². The van der Waals surface area contributed by atoms with Gasteiger partial charge in [-0.05, 0) is 35.4 Å². The van der Waals surface area contributed by atoms with Gasteiger partial charge in [-0.15, -0.1) is 11.3 Å². The maximum Gasteiger partial charge on any atom is 0.325 e. The summed E-state index contributed by atoms with van der Waals surface area (Å²) in [5.74, 6) is -0.671. The SMILES string of the molecule is O=C(CN1C(=O)N[C@]2(CCc3ccccc32)C1=O)N1CCN(C(=O)c2cccs2)CC1. The van der Waals surface area contributed by atoms with Crippen molar-refractivity contribution in [1.82, 2.24) is 20.0 Å². The predicted octanol–water partition coefficient (Wildman–Crippen LogP) is 1.43. The maximum absolute atomic E-state index is 13.2. The van der Waals surface area contributed by atoms with E-state index in [9.17, 15) is 19.2 Å². The molecule has 0 saturated carbocycles. The van der Waals surface area contributed by atoms with Crippen LogP contribution in [0.4, 0.5) is 4.79 Å². The molecule has 2 fully saturated rings. The molecule has 160 valence electrons. The first kappa shape index (κ1) is 19.7. The number of amides is 5. The highest BCUT2D eigenvalue weighted by Crippen LogP contribution is 2.41. The molecule has 2 aromatic rings. The topological polar surface area (TPSA) is 90.0 Å². The van der Waals surface area contributed by atoms with Gasteiger partial charge in [-0.3, -0.25) is 19.3 Å². The van der Waals surface area contributed by atoms with E-state index in [0.717, 1.165) is 16.0 Å². The molecule has 1 atom stereocenters. The molecular weight excluding hydrogens is 416 g/mol. The minimum Gasteiger partial charge on any atom is -0.338 e. The van der Waals surface area contributed by atoms with E-state index in [1.165, 1.54) is 11.3 Å². The summed E-state index contributed by atoms with van der Waals surface area (Å²) in [6.45, 7) is 1.34. The van der Waals surface area contributed by atoms with Crippen molar-refractivity contribution in [2.24, 2.45) is 0 Å². The molecule has 0 radical (unpaired) electrons. The van der Waals surface area contributed by atoms with Crippen molar-refractivity contribution in [1.29, 1.82) is 0 Å². The molecular formula is C22H22N4O4S. The Morgan fingerprint density at radius 3 is 2.48 bits per heavy atom. The van der Waals surface area contributed by atoms with Crippen LogP contribution < -0.4 is 5.32 Å². The van der Waals surface area contributed by atoms with E-state index in [4.69, 9.17) is 0 Å². The van der Waals surface area contributed by atoms with Gasteiger partial charge in [-0.2, -0.15) is 0 Å². The molecule has 1 aromatic carbocycles. The van der Waals surface area contributed by atoms with Crippen molar-refractivity contribution >= 4 is 35.1 Å². The lowest BCUT2D eigenvalue weighted by Gasteiger charge is -2.35. The van der Waals surface area contributed by atoms with Gasteiger partial charge in [0.15, 0.2) is 0 Å². The van der Waals surface area contributed by atoms with Crippen LogP contribution in [0.3, 0.4) is 0 Å². The first-order valence-corrected chi connectivity index (χ1v) is 11.2. The van der Waals surface area contributed by atoms with Crippen LogP contribution in [-0.4, -0.2) is 71.2 Å². The quantitative estimate of drug-likeness (QED) is 0.734. The molecule has 1 aliphatic carbocycles. The Balaban J connectivity index is 1.23. The number of nitrogens with one attached hydrogen (secondary N) is 1. The van der Waals surface area contributed by atoms with Gasteiger partial charge >= 0.3 is 6.03 Å². The number of piperazine rings is 1. The normalized spacial score (nSPS) is 22.8. The highest BCUT2D eigenvalue weighted by atomic mass is 32.1. The number of nitrogens with zero attached hydrogens (tertiary/aromatic N) is 3. The van der Waals surface area contributed by atoms with Crippen LogP contribution in [0.5, 0.6) is 0 Å². The van der Waals surface area contributed by atoms with Crippen LogP contribution in [-0.2, 0) is 21.5 Å². The first-order valence-electron chi connectivity index (χ1n) is 10.3. The fourth-order valence-electron chi connectivity index (χ4n) is 4.68. The molecule has 31 heavy (non-hydrogen) atoms. The van der Waals surface area contributed by atoms with Crippen molar-refractivity contribution in [3.63, 3.8) is 0 Å². The molecule has 5 rings (SSSR count). The first-order chi connectivity index (χ1) is 15.0. The average Bonchev–Trinajstić information content (AvgIpc) is 3.50.